The Morgan fingerprint density at radius 1 is 1.39 bits per heavy atom. The molecule has 2 aliphatic heterocycles. The zero-order chi connectivity index (χ0) is 19.5. The molecule has 1 amide bonds. The minimum atomic E-state index is -0.0148. The Morgan fingerprint density at radius 3 is 3.04 bits per heavy atom. The fourth-order valence-electron chi connectivity index (χ4n) is 3.09. The van der Waals surface area contributed by atoms with Crippen molar-refractivity contribution in [2.45, 2.75) is 37.4 Å². The second-order valence-electron chi connectivity index (χ2n) is 7.15. The van der Waals surface area contributed by atoms with Crippen molar-refractivity contribution < 1.29 is 4.79 Å². The first-order valence-electron chi connectivity index (χ1n) is 9.56. The number of rotatable bonds is 8. The number of anilines is 1. The number of nitrogens with zero attached hydrogens (tertiary/aromatic N) is 2. The number of aromatic amines is 1. The van der Waals surface area contributed by atoms with Gasteiger partial charge in [-0.2, -0.15) is 5.10 Å². The molecule has 10 heteroatoms. The van der Waals surface area contributed by atoms with Crippen LogP contribution in [0.25, 0.3) is 0 Å². The quantitative estimate of drug-likeness (QED) is 0.333. The molecular formula is C18H24BN7OS. The van der Waals surface area contributed by atoms with Crippen LogP contribution in [0, 0.1) is 0 Å². The van der Waals surface area contributed by atoms with Crippen molar-refractivity contribution in [1.29, 1.82) is 0 Å². The lowest BCUT2D eigenvalue weighted by Gasteiger charge is -2.24. The first kappa shape index (κ1) is 19.0. The van der Waals surface area contributed by atoms with E-state index in [2.05, 4.69) is 42.5 Å². The van der Waals surface area contributed by atoms with E-state index in [-0.39, 0.29) is 11.2 Å². The molecule has 28 heavy (non-hydrogen) atoms. The Morgan fingerprint density at radius 2 is 2.25 bits per heavy atom. The third-order valence-electron chi connectivity index (χ3n) is 4.75. The van der Waals surface area contributed by atoms with Crippen molar-refractivity contribution in [3.8, 4) is 0 Å². The Labute approximate surface area is 169 Å². The van der Waals surface area contributed by atoms with E-state index in [1.165, 1.54) is 25.5 Å². The Bertz CT molecular complexity index is 843. The van der Waals surface area contributed by atoms with Gasteiger partial charge in [-0.15, -0.1) is 0 Å². The molecule has 1 fully saturated rings. The number of amides is 1. The highest BCUT2D eigenvalue weighted by molar-refractivity contribution is 8.04. The van der Waals surface area contributed by atoms with E-state index >= 15 is 0 Å². The fraction of sp³-hybridized carbons (Fsp3) is 0.500. The number of nitrogens with one attached hydrogen (secondary N) is 5. The molecule has 0 aromatic carbocycles. The highest BCUT2D eigenvalue weighted by Crippen LogP contribution is 2.39. The van der Waals surface area contributed by atoms with Gasteiger partial charge >= 0.3 is 0 Å². The summed E-state index contributed by atoms with van der Waals surface area (Å²) in [6.45, 7) is 3.30. The third-order valence-corrected chi connectivity index (χ3v) is 6.02. The van der Waals surface area contributed by atoms with Crippen LogP contribution in [-0.2, 0) is 4.79 Å². The number of hydrogen-bond donors (Lipinski definition) is 5. The van der Waals surface area contributed by atoms with Crippen molar-refractivity contribution in [3.63, 3.8) is 0 Å². The van der Waals surface area contributed by atoms with E-state index in [0.29, 0.717) is 31.0 Å². The SMILES string of the molecule is [B]C1=C(Nc2cc(C3CC3)[nH]n2)NC(C2CC=C(NCCNC(C)=O)S2)=NC1. The number of aromatic nitrogens is 2. The first-order chi connectivity index (χ1) is 13.6. The van der Waals surface area contributed by atoms with E-state index in [9.17, 15) is 4.79 Å². The number of thioether (sulfide) groups is 1. The summed E-state index contributed by atoms with van der Waals surface area (Å²) in [5, 5.41) is 21.5. The van der Waals surface area contributed by atoms with Crippen molar-refractivity contribution in [1.82, 2.24) is 26.1 Å². The van der Waals surface area contributed by atoms with Crippen LogP contribution in [0.4, 0.5) is 5.82 Å². The van der Waals surface area contributed by atoms with E-state index < -0.39 is 0 Å². The van der Waals surface area contributed by atoms with Crippen LogP contribution in [-0.4, -0.2) is 54.7 Å². The second kappa shape index (κ2) is 8.34. The lowest BCUT2D eigenvalue weighted by molar-refractivity contribution is -0.118. The van der Waals surface area contributed by atoms with E-state index in [4.69, 9.17) is 7.85 Å². The summed E-state index contributed by atoms with van der Waals surface area (Å²) in [5.74, 6) is 3.05. The van der Waals surface area contributed by atoms with Crippen molar-refractivity contribution in [3.05, 3.63) is 34.2 Å². The number of carbonyl (C=O) groups excluding carboxylic acids is 1. The Kier molecular flexibility index (Phi) is 5.65. The summed E-state index contributed by atoms with van der Waals surface area (Å²) in [6.07, 6.45) is 5.52. The van der Waals surface area contributed by atoms with Crippen LogP contribution < -0.4 is 21.3 Å². The highest BCUT2D eigenvalue weighted by atomic mass is 32.2. The van der Waals surface area contributed by atoms with E-state index in [0.717, 1.165) is 28.9 Å². The summed E-state index contributed by atoms with van der Waals surface area (Å²) in [6, 6.07) is 2.05. The van der Waals surface area contributed by atoms with Gasteiger partial charge in [-0.05, 0) is 19.3 Å². The molecule has 0 spiro atoms. The molecule has 2 radical (unpaired) electrons. The number of carbonyl (C=O) groups is 1. The number of amidine groups is 1. The molecule has 1 aliphatic carbocycles. The van der Waals surface area contributed by atoms with Crippen LogP contribution in [0.5, 0.6) is 0 Å². The molecule has 0 bridgehead atoms. The maximum Gasteiger partial charge on any atom is 0.216 e. The average Bonchev–Trinajstić information content (AvgIpc) is 3.23. The molecule has 1 aromatic rings. The predicted octanol–water partition coefficient (Wildman–Crippen LogP) is 1.11. The molecule has 3 aliphatic rings. The number of allylic oxidation sites excluding steroid dienone is 1. The molecule has 1 unspecified atom stereocenters. The van der Waals surface area contributed by atoms with Gasteiger partial charge in [0.1, 0.15) is 19.5 Å². The monoisotopic (exact) mass is 397 g/mol. The van der Waals surface area contributed by atoms with Gasteiger partial charge < -0.3 is 21.3 Å². The Balaban J connectivity index is 1.27. The minimum Gasteiger partial charge on any atom is -0.378 e. The number of aliphatic imine (C=N–C) groups is 1. The molecule has 0 saturated heterocycles. The van der Waals surface area contributed by atoms with Crippen LogP contribution in [0.2, 0.25) is 0 Å². The van der Waals surface area contributed by atoms with Crippen LogP contribution in [0.1, 0.15) is 37.8 Å². The van der Waals surface area contributed by atoms with Gasteiger partial charge in [0.2, 0.25) is 5.91 Å². The van der Waals surface area contributed by atoms with Crippen LogP contribution >= 0.6 is 11.8 Å². The fourth-order valence-corrected chi connectivity index (χ4v) is 4.21. The lowest BCUT2D eigenvalue weighted by Crippen LogP contribution is -2.38. The maximum absolute atomic E-state index is 10.9. The van der Waals surface area contributed by atoms with Gasteiger partial charge in [-0.1, -0.05) is 23.3 Å². The average molecular weight is 397 g/mol. The number of hydrogen-bond acceptors (Lipinski definition) is 7. The normalized spacial score (nSPS) is 21.7. The van der Waals surface area contributed by atoms with Crippen molar-refractivity contribution in [2.24, 2.45) is 4.99 Å². The van der Waals surface area contributed by atoms with Gasteiger partial charge in [-0.3, -0.25) is 14.9 Å². The molecule has 146 valence electrons. The molecule has 8 nitrogen and oxygen atoms in total. The predicted molar refractivity (Wildman–Crippen MR) is 113 cm³/mol. The van der Waals surface area contributed by atoms with Gasteiger partial charge in [0.15, 0.2) is 5.82 Å². The van der Waals surface area contributed by atoms with Gasteiger partial charge in [-0.25, -0.2) is 0 Å². The molecule has 3 heterocycles. The summed E-state index contributed by atoms with van der Waals surface area (Å²) in [7, 11) is 6.14. The van der Waals surface area contributed by atoms with Gasteiger partial charge in [0.05, 0.1) is 16.8 Å². The summed E-state index contributed by atoms with van der Waals surface area (Å²) in [4.78, 5) is 15.5. The first-order valence-corrected chi connectivity index (χ1v) is 10.4. The maximum atomic E-state index is 10.9. The zero-order valence-corrected chi connectivity index (χ0v) is 16.7. The molecule has 1 aromatic heterocycles. The Hall–Kier alpha value is -2.36. The summed E-state index contributed by atoms with van der Waals surface area (Å²) in [5.41, 5.74) is 1.85. The van der Waals surface area contributed by atoms with Crippen LogP contribution in [0.15, 0.2) is 33.5 Å². The smallest absolute Gasteiger partial charge is 0.216 e. The van der Waals surface area contributed by atoms with Gasteiger partial charge in [0.25, 0.3) is 0 Å². The molecule has 4 rings (SSSR count). The van der Waals surface area contributed by atoms with Crippen LogP contribution in [0.3, 0.4) is 0 Å². The standard InChI is InChI=1S/C18H24BN7OS/c1-10(27)20-6-7-21-16-5-4-14(28-16)18-22-9-12(19)17(24-18)23-15-8-13(25-26-15)11-2-3-11/h5,8,11,14,21H,2-4,6-7,9H2,1H3,(H,20,27)(H,22,24)(H2,23,25,26). The topological polar surface area (TPSA) is 106 Å². The zero-order valence-electron chi connectivity index (χ0n) is 15.8. The number of H-pyrrole nitrogens is 1. The third kappa shape index (κ3) is 4.73. The van der Waals surface area contributed by atoms with Crippen molar-refractivity contribution >= 4 is 37.2 Å². The molecule has 5 N–H and O–H groups in total. The lowest BCUT2D eigenvalue weighted by atomic mass is 9.94. The van der Waals surface area contributed by atoms with E-state index in [1.54, 1.807) is 11.8 Å². The van der Waals surface area contributed by atoms with Crippen molar-refractivity contribution in [2.75, 3.05) is 25.0 Å². The summed E-state index contributed by atoms with van der Waals surface area (Å²) >= 11 is 1.73. The summed E-state index contributed by atoms with van der Waals surface area (Å²) < 4.78 is 0. The molecule has 1 saturated carbocycles. The van der Waals surface area contributed by atoms with Gasteiger partial charge in [0, 0.05) is 37.7 Å². The second-order valence-corrected chi connectivity index (χ2v) is 8.40. The minimum absolute atomic E-state index is 0.0148. The largest absolute Gasteiger partial charge is 0.378 e. The molecular weight excluding hydrogens is 373 g/mol. The molecule has 1 atom stereocenters. The highest BCUT2D eigenvalue weighted by Gasteiger charge is 2.27. The van der Waals surface area contributed by atoms with E-state index in [1.807, 2.05) is 6.07 Å².